The number of nitrogens with zero attached hydrogens (tertiary/aromatic N) is 3. The van der Waals surface area contributed by atoms with Crippen LogP contribution in [-0.4, -0.2) is 45.3 Å². The van der Waals surface area contributed by atoms with E-state index >= 15 is 0 Å². The molecule has 132 valence electrons. The van der Waals surface area contributed by atoms with Gasteiger partial charge in [-0.2, -0.15) is 9.61 Å². The van der Waals surface area contributed by atoms with Crippen LogP contribution in [0.25, 0.3) is 5.65 Å². The van der Waals surface area contributed by atoms with Gasteiger partial charge in [-0.05, 0) is 39.1 Å². The molecule has 25 heavy (non-hydrogen) atoms. The van der Waals surface area contributed by atoms with E-state index < -0.39 is 0 Å². The number of aromatic nitrogens is 3. The Balaban J connectivity index is 1.72. The molecule has 2 heterocycles. The summed E-state index contributed by atoms with van der Waals surface area (Å²) < 4.78 is 7.00. The highest BCUT2D eigenvalue weighted by atomic mass is 16.5. The fourth-order valence-electron chi connectivity index (χ4n) is 2.73. The van der Waals surface area contributed by atoms with Crippen LogP contribution in [0.2, 0.25) is 0 Å². The minimum atomic E-state index is -0.287. The van der Waals surface area contributed by atoms with Crippen LogP contribution in [0.15, 0.2) is 41.3 Å². The van der Waals surface area contributed by atoms with Crippen LogP contribution < -0.4 is 10.3 Å². The number of ether oxygens (including phenoxy) is 1. The smallest absolute Gasteiger partial charge is 0.258 e. The fourth-order valence-corrected chi connectivity index (χ4v) is 2.73. The monoisotopic (exact) mass is 342 g/mol. The molecule has 0 amide bonds. The lowest BCUT2D eigenvalue weighted by Gasteiger charge is -2.09. The largest absolute Gasteiger partial charge is 0.494 e. The van der Waals surface area contributed by atoms with Gasteiger partial charge in [0.05, 0.1) is 18.4 Å². The molecule has 0 aliphatic rings. The summed E-state index contributed by atoms with van der Waals surface area (Å²) in [5.74, 6) is 0.681. The second-order valence-corrected chi connectivity index (χ2v) is 6.19. The third kappa shape index (κ3) is 3.83. The summed E-state index contributed by atoms with van der Waals surface area (Å²) in [5, 5.41) is 14.6. The molecular weight excluding hydrogens is 320 g/mol. The van der Waals surface area contributed by atoms with Gasteiger partial charge in [-0.25, -0.2) is 0 Å². The lowest BCUT2D eigenvalue weighted by molar-refractivity contribution is 0.309. The SMILES string of the molecule is CN(C)Cc1cnn2c(O)c(CCCOc3ccccc3)c(=O)[nH]c12. The highest BCUT2D eigenvalue weighted by Crippen LogP contribution is 2.19. The summed E-state index contributed by atoms with van der Waals surface area (Å²) in [6.07, 6.45) is 2.68. The maximum Gasteiger partial charge on any atom is 0.258 e. The van der Waals surface area contributed by atoms with Gasteiger partial charge in [-0.15, -0.1) is 0 Å². The average Bonchev–Trinajstić information content (AvgIpc) is 2.97. The van der Waals surface area contributed by atoms with Crippen molar-refractivity contribution < 1.29 is 9.84 Å². The van der Waals surface area contributed by atoms with Crippen molar-refractivity contribution in [2.45, 2.75) is 19.4 Å². The number of H-pyrrole nitrogens is 1. The molecule has 0 atom stereocenters. The number of para-hydroxylation sites is 1. The molecule has 7 heteroatoms. The number of benzene rings is 1. The van der Waals surface area contributed by atoms with Gasteiger partial charge in [0.1, 0.15) is 11.4 Å². The van der Waals surface area contributed by atoms with Crippen LogP contribution >= 0.6 is 0 Å². The summed E-state index contributed by atoms with van der Waals surface area (Å²) in [4.78, 5) is 17.1. The molecule has 0 saturated carbocycles. The second kappa shape index (κ2) is 7.40. The first-order chi connectivity index (χ1) is 12.1. The van der Waals surface area contributed by atoms with E-state index in [2.05, 4.69) is 10.1 Å². The number of rotatable bonds is 7. The van der Waals surface area contributed by atoms with Crippen LogP contribution in [0.4, 0.5) is 0 Å². The third-order valence-corrected chi connectivity index (χ3v) is 3.89. The van der Waals surface area contributed by atoms with Crippen LogP contribution in [0.5, 0.6) is 11.6 Å². The van der Waals surface area contributed by atoms with Gasteiger partial charge in [-0.3, -0.25) is 4.79 Å². The molecule has 0 spiro atoms. The maximum atomic E-state index is 12.3. The second-order valence-electron chi connectivity index (χ2n) is 6.19. The fraction of sp³-hybridized carbons (Fsp3) is 0.333. The molecule has 0 aliphatic heterocycles. The van der Waals surface area contributed by atoms with E-state index in [9.17, 15) is 9.90 Å². The van der Waals surface area contributed by atoms with E-state index in [1.54, 1.807) is 6.20 Å². The van der Waals surface area contributed by atoms with Crippen molar-refractivity contribution in [3.63, 3.8) is 0 Å². The summed E-state index contributed by atoms with van der Waals surface area (Å²) >= 11 is 0. The molecule has 3 aromatic rings. The molecule has 2 aromatic heterocycles. The minimum absolute atomic E-state index is 0.108. The molecule has 0 saturated heterocycles. The number of nitrogens with one attached hydrogen (secondary N) is 1. The minimum Gasteiger partial charge on any atom is -0.494 e. The van der Waals surface area contributed by atoms with Gasteiger partial charge in [-0.1, -0.05) is 18.2 Å². The number of aromatic hydroxyl groups is 1. The van der Waals surface area contributed by atoms with E-state index in [0.717, 1.165) is 11.3 Å². The Bertz CT molecular complexity index is 900. The van der Waals surface area contributed by atoms with Crippen molar-refractivity contribution in [2.75, 3.05) is 20.7 Å². The van der Waals surface area contributed by atoms with E-state index in [1.165, 1.54) is 4.52 Å². The van der Waals surface area contributed by atoms with Crippen LogP contribution in [0.3, 0.4) is 0 Å². The zero-order valence-corrected chi connectivity index (χ0v) is 14.4. The lowest BCUT2D eigenvalue weighted by Crippen LogP contribution is -2.18. The van der Waals surface area contributed by atoms with Crippen LogP contribution in [-0.2, 0) is 13.0 Å². The van der Waals surface area contributed by atoms with E-state index in [-0.39, 0.29) is 11.4 Å². The zero-order valence-electron chi connectivity index (χ0n) is 14.4. The molecule has 7 nitrogen and oxygen atoms in total. The summed E-state index contributed by atoms with van der Waals surface area (Å²) in [5.41, 5.74) is 1.42. The van der Waals surface area contributed by atoms with E-state index in [0.29, 0.717) is 37.2 Å². The van der Waals surface area contributed by atoms with Crippen molar-refractivity contribution in [3.8, 4) is 11.6 Å². The van der Waals surface area contributed by atoms with Crippen molar-refractivity contribution in [2.24, 2.45) is 0 Å². The van der Waals surface area contributed by atoms with Crippen LogP contribution in [0, 0.1) is 0 Å². The molecule has 0 aliphatic carbocycles. The predicted molar refractivity (Wildman–Crippen MR) is 95.1 cm³/mol. The third-order valence-electron chi connectivity index (χ3n) is 3.89. The van der Waals surface area contributed by atoms with Gasteiger partial charge in [0.25, 0.3) is 5.56 Å². The Morgan fingerprint density at radius 3 is 2.76 bits per heavy atom. The van der Waals surface area contributed by atoms with E-state index in [1.807, 2.05) is 49.3 Å². The van der Waals surface area contributed by atoms with Gasteiger partial charge < -0.3 is 19.7 Å². The van der Waals surface area contributed by atoms with Crippen LogP contribution in [0.1, 0.15) is 17.5 Å². The Labute approximate surface area is 145 Å². The summed E-state index contributed by atoms with van der Waals surface area (Å²) in [6, 6.07) is 9.50. The first-order valence-corrected chi connectivity index (χ1v) is 8.19. The zero-order chi connectivity index (χ0) is 17.8. The van der Waals surface area contributed by atoms with Gasteiger partial charge in [0, 0.05) is 12.1 Å². The first-order valence-electron chi connectivity index (χ1n) is 8.19. The van der Waals surface area contributed by atoms with Crippen molar-refractivity contribution in [3.05, 3.63) is 58.0 Å². The normalized spacial score (nSPS) is 11.3. The highest BCUT2D eigenvalue weighted by Gasteiger charge is 2.15. The lowest BCUT2D eigenvalue weighted by atomic mass is 10.2. The Morgan fingerprint density at radius 2 is 2.04 bits per heavy atom. The number of aromatic amines is 1. The number of fused-ring (bicyclic) bond motifs is 1. The van der Waals surface area contributed by atoms with Crippen molar-refractivity contribution >= 4 is 5.65 Å². The average molecular weight is 342 g/mol. The Kier molecular flexibility index (Phi) is 5.04. The first kappa shape index (κ1) is 17.0. The van der Waals surface area contributed by atoms with Gasteiger partial charge in [0.2, 0.25) is 5.88 Å². The molecule has 0 fully saturated rings. The topological polar surface area (TPSA) is 82.9 Å². The van der Waals surface area contributed by atoms with Crippen molar-refractivity contribution in [1.29, 1.82) is 0 Å². The molecule has 2 N–H and O–H groups in total. The molecule has 1 aromatic carbocycles. The Morgan fingerprint density at radius 1 is 1.28 bits per heavy atom. The maximum absolute atomic E-state index is 12.3. The molecule has 0 unspecified atom stereocenters. The summed E-state index contributed by atoms with van der Waals surface area (Å²) in [6.45, 7) is 1.09. The molecule has 0 radical (unpaired) electrons. The quantitative estimate of drug-likeness (QED) is 0.640. The molecule has 0 bridgehead atoms. The predicted octanol–water partition coefficient (Wildman–Crippen LogP) is 1.80. The van der Waals surface area contributed by atoms with E-state index in [4.69, 9.17) is 4.74 Å². The van der Waals surface area contributed by atoms with Crippen molar-refractivity contribution in [1.82, 2.24) is 19.5 Å². The number of hydrogen-bond donors (Lipinski definition) is 2. The summed E-state index contributed by atoms with van der Waals surface area (Å²) in [7, 11) is 3.87. The standard InChI is InChI=1S/C18H22N4O3/c1-21(2)12-13-11-19-22-16(13)20-17(23)15(18(22)24)9-6-10-25-14-7-4-3-5-8-14/h3-5,7-8,11,24H,6,9-10,12H2,1-2H3,(H,20,23). The van der Waals surface area contributed by atoms with Gasteiger partial charge in [0.15, 0.2) is 0 Å². The highest BCUT2D eigenvalue weighted by molar-refractivity contribution is 5.49. The molecule has 3 rings (SSSR count). The molecular formula is C18H22N4O3. The Hall–Kier alpha value is -2.80. The van der Waals surface area contributed by atoms with Gasteiger partial charge >= 0.3 is 0 Å². The number of hydrogen-bond acceptors (Lipinski definition) is 5.